The number of esters is 1. The van der Waals surface area contributed by atoms with Crippen molar-refractivity contribution < 1.29 is 13.9 Å². The van der Waals surface area contributed by atoms with Gasteiger partial charge in [0.15, 0.2) is 0 Å². The Morgan fingerprint density at radius 3 is 2.81 bits per heavy atom. The van der Waals surface area contributed by atoms with Crippen molar-refractivity contribution in [2.45, 2.75) is 13.3 Å². The summed E-state index contributed by atoms with van der Waals surface area (Å²) in [7, 11) is 0. The van der Waals surface area contributed by atoms with E-state index in [-0.39, 0.29) is 11.6 Å². The third kappa shape index (κ3) is 2.62. The molecule has 6 nitrogen and oxygen atoms in total. The van der Waals surface area contributed by atoms with Gasteiger partial charge in [-0.2, -0.15) is 9.61 Å². The zero-order valence-corrected chi connectivity index (χ0v) is 11.9. The second-order valence-electron chi connectivity index (χ2n) is 4.27. The van der Waals surface area contributed by atoms with Gasteiger partial charge in [0.25, 0.3) is 5.82 Å². The van der Waals surface area contributed by atoms with Gasteiger partial charge in [0.2, 0.25) is 4.96 Å². The molecule has 3 aromatic rings. The van der Waals surface area contributed by atoms with Gasteiger partial charge in [-0.05, 0) is 30.7 Å². The largest absolute Gasteiger partial charge is 0.460 e. The van der Waals surface area contributed by atoms with E-state index in [9.17, 15) is 9.18 Å². The molecule has 0 saturated carbocycles. The quantitative estimate of drug-likeness (QED) is 0.693. The van der Waals surface area contributed by atoms with E-state index in [1.807, 2.05) is 6.92 Å². The fraction of sp³-hybridized carbons (Fsp3) is 0.231. The molecule has 21 heavy (non-hydrogen) atoms. The number of hydrogen-bond donors (Lipinski definition) is 0. The summed E-state index contributed by atoms with van der Waals surface area (Å²) < 4.78 is 19.3. The van der Waals surface area contributed by atoms with Gasteiger partial charge in [-0.3, -0.25) is 0 Å². The van der Waals surface area contributed by atoms with Crippen LogP contribution in [0.1, 0.15) is 24.0 Å². The predicted octanol–water partition coefficient (Wildman–Crippen LogP) is 2.56. The van der Waals surface area contributed by atoms with Gasteiger partial charge in [-0.15, -0.1) is 10.2 Å². The minimum atomic E-state index is -0.555. The Balaban J connectivity index is 1.95. The lowest BCUT2D eigenvalue weighted by molar-refractivity contribution is 0.0487. The van der Waals surface area contributed by atoms with Crippen LogP contribution in [0.15, 0.2) is 24.3 Å². The first-order chi connectivity index (χ1) is 10.2. The average Bonchev–Trinajstić information content (AvgIpc) is 3.05. The molecule has 0 unspecified atom stereocenters. The van der Waals surface area contributed by atoms with Crippen molar-refractivity contribution in [1.29, 1.82) is 0 Å². The molecule has 0 bridgehead atoms. The molecule has 2 aromatic heterocycles. The standard InChI is InChI=1S/C13H11FN4O2S/c1-2-7-20-12(19)10-15-16-13-18(10)17-11(21-13)8-3-5-9(14)6-4-8/h3-6H,2,7H2,1H3. The minimum absolute atomic E-state index is 0.0445. The maximum absolute atomic E-state index is 12.9. The number of benzene rings is 1. The van der Waals surface area contributed by atoms with Crippen LogP contribution in [0.25, 0.3) is 15.5 Å². The van der Waals surface area contributed by atoms with Crippen LogP contribution in [0.2, 0.25) is 0 Å². The smallest absolute Gasteiger partial charge is 0.378 e. The minimum Gasteiger partial charge on any atom is -0.460 e. The van der Waals surface area contributed by atoms with Gasteiger partial charge in [0.1, 0.15) is 10.8 Å². The summed E-state index contributed by atoms with van der Waals surface area (Å²) in [6, 6.07) is 5.95. The molecule has 2 heterocycles. The fourth-order valence-corrected chi connectivity index (χ4v) is 2.56. The molecule has 3 rings (SSSR count). The number of carbonyl (C=O) groups excluding carboxylic acids is 1. The molecule has 0 atom stereocenters. The highest BCUT2D eigenvalue weighted by atomic mass is 32.1. The third-order valence-electron chi connectivity index (χ3n) is 2.70. The van der Waals surface area contributed by atoms with E-state index in [1.54, 1.807) is 12.1 Å². The van der Waals surface area contributed by atoms with E-state index >= 15 is 0 Å². The molecule has 0 aliphatic carbocycles. The van der Waals surface area contributed by atoms with Crippen molar-refractivity contribution >= 4 is 22.3 Å². The van der Waals surface area contributed by atoms with Crippen LogP contribution in [-0.2, 0) is 4.74 Å². The predicted molar refractivity (Wildman–Crippen MR) is 74.6 cm³/mol. The van der Waals surface area contributed by atoms with Crippen LogP contribution >= 0.6 is 11.3 Å². The molecule has 0 radical (unpaired) electrons. The monoisotopic (exact) mass is 306 g/mol. The van der Waals surface area contributed by atoms with E-state index in [1.165, 1.54) is 28.0 Å². The van der Waals surface area contributed by atoms with Crippen LogP contribution < -0.4 is 0 Å². The first-order valence-electron chi connectivity index (χ1n) is 6.34. The Morgan fingerprint density at radius 1 is 1.33 bits per heavy atom. The van der Waals surface area contributed by atoms with Crippen LogP contribution in [0.5, 0.6) is 0 Å². The topological polar surface area (TPSA) is 69.4 Å². The molecular weight excluding hydrogens is 295 g/mol. The summed E-state index contributed by atoms with van der Waals surface area (Å²) >= 11 is 1.27. The zero-order valence-electron chi connectivity index (χ0n) is 11.1. The van der Waals surface area contributed by atoms with Gasteiger partial charge in [0.05, 0.1) is 6.61 Å². The second kappa shape index (κ2) is 5.57. The van der Waals surface area contributed by atoms with E-state index in [0.29, 0.717) is 16.6 Å². The van der Waals surface area contributed by atoms with E-state index in [4.69, 9.17) is 4.74 Å². The van der Waals surface area contributed by atoms with Crippen LogP contribution in [-0.4, -0.2) is 32.4 Å². The van der Waals surface area contributed by atoms with Crippen molar-refractivity contribution in [3.63, 3.8) is 0 Å². The number of rotatable bonds is 4. The highest BCUT2D eigenvalue weighted by Crippen LogP contribution is 2.25. The molecule has 0 N–H and O–H groups in total. The summed E-state index contributed by atoms with van der Waals surface area (Å²) in [5.74, 6) is -0.825. The number of halogens is 1. The normalized spacial score (nSPS) is 11.0. The number of aromatic nitrogens is 4. The van der Waals surface area contributed by atoms with Crippen molar-refractivity contribution in [3.8, 4) is 10.6 Å². The maximum atomic E-state index is 12.9. The van der Waals surface area contributed by atoms with E-state index < -0.39 is 5.97 Å². The Hall–Kier alpha value is -2.35. The molecule has 0 aliphatic heterocycles. The van der Waals surface area contributed by atoms with Crippen molar-refractivity contribution in [1.82, 2.24) is 19.8 Å². The average molecular weight is 306 g/mol. The molecule has 0 aliphatic rings. The highest BCUT2D eigenvalue weighted by Gasteiger charge is 2.19. The summed E-state index contributed by atoms with van der Waals surface area (Å²) in [6.07, 6.45) is 0.728. The lowest BCUT2D eigenvalue weighted by atomic mass is 10.2. The van der Waals surface area contributed by atoms with Gasteiger partial charge in [-0.1, -0.05) is 18.3 Å². The van der Waals surface area contributed by atoms with Crippen molar-refractivity contribution in [3.05, 3.63) is 35.9 Å². The summed E-state index contributed by atoms with van der Waals surface area (Å²) in [5.41, 5.74) is 0.750. The Labute approximate surface area is 123 Å². The lowest BCUT2D eigenvalue weighted by Gasteiger charge is -1.99. The molecule has 8 heteroatoms. The van der Waals surface area contributed by atoms with Crippen LogP contribution in [0.3, 0.4) is 0 Å². The lowest BCUT2D eigenvalue weighted by Crippen LogP contribution is -2.11. The Kier molecular flexibility index (Phi) is 3.61. The van der Waals surface area contributed by atoms with Crippen LogP contribution in [0, 0.1) is 5.82 Å². The number of ether oxygens (including phenoxy) is 1. The molecule has 1 aromatic carbocycles. The molecule has 0 fully saturated rings. The molecule has 108 valence electrons. The van der Waals surface area contributed by atoms with Gasteiger partial charge in [-0.25, -0.2) is 9.18 Å². The van der Waals surface area contributed by atoms with E-state index in [0.717, 1.165) is 12.0 Å². The van der Waals surface area contributed by atoms with Gasteiger partial charge >= 0.3 is 5.97 Å². The SMILES string of the molecule is CCCOC(=O)c1nnc2sc(-c3ccc(F)cc3)nn12. The first kappa shape index (κ1) is 13.6. The fourth-order valence-electron chi connectivity index (χ4n) is 1.71. The second-order valence-corrected chi connectivity index (χ2v) is 5.22. The molecule has 0 amide bonds. The Bertz CT molecular complexity index is 781. The molecule has 0 spiro atoms. The number of fused-ring (bicyclic) bond motifs is 1. The Morgan fingerprint density at radius 2 is 2.10 bits per heavy atom. The number of carbonyl (C=O) groups is 1. The van der Waals surface area contributed by atoms with E-state index in [2.05, 4.69) is 15.3 Å². The summed E-state index contributed by atoms with van der Waals surface area (Å²) in [6.45, 7) is 2.23. The molecular formula is C13H11FN4O2S. The summed E-state index contributed by atoms with van der Waals surface area (Å²) in [5, 5.41) is 12.6. The van der Waals surface area contributed by atoms with Gasteiger partial charge < -0.3 is 4.74 Å². The first-order valence-corrected chi connectivity index (χ1v) is 7.16. The zero-order chi connectivity index (χ0) is 14.8. The third-order valence-corrected chi connectivity index (χ3v) is 3.65. The van der Waals surface area contributed by atoms with Gasteiger partial charge in [0, 0.05) is 5.56 Å². The summed E-state index contributed by atoms with van der Waals surface area (Å²) in [4.78, 5) is 12.3. The number of nitrogens with zero attached hydrogens (tertiary/aromatic N) is 4. The highest BCUT2D eigenvalue weighted by molar-refractivity contribution is 7.19. The van der Waals surface area contributed by atoms with Crippen molar-refractivity contribution in [2.75, 3.05) is 6.61 Å². The van der Waals surface area contributed by atoms with Crippen LogP contribution in [0.4, 0.5) is 4.39 Å². The number of hydrogen-bond acceptors (Lipinski definition) is 6. The molecule has 0 saturated heterocycles. The van der Waals surface area contributed by atoms with Crippen molar-refractivity contribution in [2.24, 2.45) is 0 Å². The maximum Gasteiger partial charge on any atom is 0.378 e.